The van der Waals surface area contributed by atoms with Crippen molar-refractivity contribution >= 4 is 5.65 Å². The normalized spacial score (nSPS) is 10.9. The number of hydrogen-bond acceptors (Lipinski definition) is 2. The van der Waals surface area contributed by atoms with Gasteiger partial charge in [-0.3, -0.25) is 0 Å². The first-order valence-electron chi connectivity index (χ1n) is 4.44. The van der Waals surface area contributed by atoms with Crippen LogP contribution in [0.2, 0.25) is 0 Å². The number of hydrogen-bond donors (Lipinski definition) is 1. The van der Waals surface area contributed by atoms with Gasteiger partial charge >= 0.3 is 0 Å². The number of aromatic nitrogens is 2. The summed E-state index contributed by atoms with van der Waals surface area (Å²) in [6, 6.07) is 4.09. The summed E-state index contributed by atoms with van der Waals surface area (Å²) in [5, 5.41) is 0. The first-order chi connectivity index (χ1) is 6.29. The van der Waals surface area contributed by atoms with Crippen LogP contribution in [-0.2, 0) is 6.42 Å². The van der Waals surface area contributed by atoms with Crippen molar-refractivity contribution in [1.82, 2.24) is 9.38 Å². The molecule has 0 saturated carbocycles. The number of nitrogens with zero attached hydrogens (tertiary/aromatic N) is 2. The van der Waals surface area contributed by atoms with Gasteiger partial charge < -0.3 is 10.1 Å². The maximum Gasteiger partial charge on any atom is 0.136 e. The highest BCUT2D eigenvalue weighted by molar-refractivity contribution is 5.41. The molecule has 0 aliphatic rings. The second kappa shape index (κ2) is 3.18. The van der Waals surface area contributed by atoms with Gasteiger partial charge in [0.25, 0.3) is 0 Å². The Morgan fingerprint density at radius 1 is 1.38 bits per heavy atom. The van der Waals surface area contributed by atoms with Gasteiger partial charge in [-0.1, -0.05) is 6.07 Å². The van der Waals surface area contributed by atoms with Crippen LogP contribution in [0.1, 0.15) is 11.3 Å². The zero-order valence-corrected chi connectivity index (χ0v) is 7.70. The fourth-order valence-electron chi connectivity index (χ4n) is 1.42. The summed E-state index contributed by atoms with van der Waals surface area (Å²) in [6.07, 6.45) is 4.96. The fourth-order valence-corrected chi connectivity index (χ4v) is 1.42. The Bertz CT molecular complexity index is 417. The van der Waals surface area contributed by atoms with E-state index in [-0.39, 0.29) is 0 Å². The number of fused-ring (bicyclic) bond motifs is 1. The molecule has 2 heterocycles. The molecule has 0 bridgehead atoms. The molecule has 2 N–H and O–H groups in total. The van der Waals surface area contributed by atoms with Crippen LogP contribution in [0.3, 0.4) is 0 Å². The molecule has 0 aliphatic carbocycles. The smallest absolute Gasteiger partial charge is 0.136 e. The second-order valence-electron chi connectivity index (χ2n) is 3.24. The van der Waals surface area contributed by atoms with Crippen LogP contribution in [0.15, 0.2) is 24.5 Å². The molecule has 68 valence electrons. The largest absolute Gasteiger partial charge is 0.330 e. The predicted octanol–water partition coefficient (Wildman–Crippen LogP) is 1.14. The average molecular weight is 175 g/mol. The summed E-state index contributed by atoms with van der Waals surface area (Å²) in [5.41, 5.74) is 8.76. The van der Waals surface area contributed by atoms with Gasteiger partial charge in [-0.05, 0) is 25.1 Å². The lowest BCUT2D eigenvalue weighted by Crippen LogP contribution is -2.02. The zero-order chi connectivity index (χ0) is 9.26. The molecule has 3 heteroatoms. The van der Waals surface area contributed by atoms with Gasteiger partial charge in [0.1, 0.15) is 5.65 Å². The molecule has 0 aromatic carbocycles. The summed E-state index contributed by atoms with van der Waals surface area (Å²) < 4.78 is 2.04. The van der Waals surface area contributed by atoms with E-state index in [4.69, 9.17) is 5.73 Å². The molecule has 0 amide bonds. The molecule has 0 atom stereocenters. The number of aryl methyl sites for hydroxylation is 1. The standard InChI is InChI=1S/C10H13N3/c1-8-2-3-10-12-9(4-5-11)7-13(10)6-8/h2-3,6-7H,4-5,11H2,1H3. The molecule has 0 aliphatic heterocycles. The van der Waals surface area contributed by atoms with Gasteiger partial charge in [0.05, 0.1) is 5.69 Å². The predicted molar refractivity (Wildman–Crippen MR) is 52.7 cm³/mol. The summed E-state index contributed by atoms with van der Waals surface area (Å²) >= 11 is 0. The molecule has 2 aromatic rings. The molecular weight excluding hydrogens is 162 g/mol. The van der Waals surface area contributed by atoms with Crippen LogP contribution in [-0.4, -0.2) is 15.9 Å². The number of pyridine rings is 1. The molecule has 2 rings (SSSR count). The third-order valence-corrected chi connectivity index (χ3v) is 2.05. The molecule has 0 spiro atoms. The van der Waals surface area contributed by atoms with Crippen molar-refractivity contribution in [2.24, 2.45) is 5.73 Å². The highest BCUT2D eigenvalue weighted by atomic mass is 15.0. The van der Waals surface area contributed by atoms with Crippen molar-refractivity contribution in [2.75, 3.05) is 6.54 Å². The Labute approximate surface area is 77.2 Å². The minimum atomic E-state index is 0.656. The van der Waals surface area contributed by atoms with E-state index in [9.17, 15) is 0 Å². The molecule has 0 saturated heterocycles. The lowest BCUT2D eigenvalue weighted by Gasteiger charge is -1.93. The van der Waals surface area contributed by atoms with Gasteiger partial charge in [0.15, 0.2) is 0 Å². The van der Waals surface area contributed by atoms with Crippen LogP contribution in [0.25, 0.3) is 5.65 Å². The molecule has 0 fully saturated rings. The van der Waals surface area contributed by atoms with Crippen molar-refractivity contribution in [3.8, 4) is 0 Å². The molecule has 2 aromatic heterocycles. The quantitative estimate of drug-likeness (QED) is 0.744. The van der Waals surface area contributed by atoms with Crippen molar-refractivity contribution in [1.29, 1.82) is 0 Å². The van der Waals surface area contributed by atoms with Crippen molar-refractivity contribution in [3.05, 3.63) is 35.8 Å². The molecule has 3 nitrogen and oxygen atoms in total. The fraction of sp³-hybridized carbons (Fsp3) is 0.300. The van der Waals surface area contributed by atoms with Crippen molar-refractivity contribution in [3.63, 3.8) is 0 Å². The van der Waals surface area contributed by atoms with Gasteiger partial charge in [0.2, 0.25) is 0 Å². The van der Waals surface area contributed by atoms with Gasteiger partial charge in [-0.15, -0.1) is 0 Å². The third kappa shape index (κ3) is 1.55. The van der Waals surface area contributed by atoms with Gasteiger partial charge in [-0.25, -0.2) is 4.98 Å². The third-order valence-electron chi connectivity index (χ3n) is 2.05. The van der Waals surface area contributed by atoms with Crippen LogP contribution >= 0.6 is 0 Å². The van der Waals surface area contributed by atoms with Crippen LogP contribution < -0.4 is 5.73 Å². The lowest BCUT2D eigenvalue weighted by atomic mass is 10.3. The van der Waals surface area contributed by atoms with Crippen molar-refractivity contribution < 1.29 is 0 Å². The summed E-state index contributed by atoms with van der Waals surface area (Å²) in [5.74, 6) is 0. The van der Waals surface area contributed by atoms with Gasteiger partial charge in [-0.2, -0.15) is 0 Å². The first kappa shape index (κ1) is 8.26. The Morgan fingerprint density at radius 2 is 2.23 bits per heavy atom. The minimum absolute atomic E-state index is 0.656. The van der Waals surface area contributed by atoms with E-state index in [1.165, 1.54) is 5.56 Å². The summed E-state index contributed by atoms with van der Waals surface area (Å²) in [7, 11) is 0. The second-order valence-corrected chi connectivity index (χ2v) is 3.24. The van der Waals surface area contributed by atoms with Gasteiger partial charge in [0, 0.05) is 18.8 Å². The summed E-state index contributed by atoms with van der Waals surface area (Å²) in [4.78, 5) is 4.43. The Hall–Kier alpha value is -1.35. The highest BCUT2D eigenvalue weighted by Crippen LogP contribution is 2.07. The SMILES string of the molecule is Cc1ccc2nc(CCN)cn2c1. The van der Waals surface area contributed by atoms with E-state index in [2.05, 4.69) is 24.2 Å². The monoisotopic (exact) mass is 175 g/mol. The van der Waals surface area contributed by atoms with E-state index in [0.717, 1.165) is 17.8 Å². The Balaban J connectivity index is 2.49. The number of imidazole rings is 1. The molecule has 0 unspecified atom stereocenters. The molecular formula is C10H13N3. The lowest BCUT2D eigenvalue weighted by molar-refractivity contribution is 0.937. The van der Waals surface area contributed by atoms with E-state index in [1.807, 2.05) is 16.7 Å². The maximum absolute atomic E-state index is 5.46. The Kier molecular flexibility index (Phi) is 2.02. The first-order valence-corrected chi connectivity index (χ1v) is 4.44. The number of rotatable bonds is 2. The topological polar surface area (TPSA) is 43.3 Å². The van der Waals surface area contributed by atoms with Crippen LogP contribution in [0.4, 0.5) is 0 Å². The summed E-state index contributed by atoms with van der Waals surface area (Å²) in [6.45, 7) is 2.73. The number of nitrogens with two attached hydrogens (primary N) is 1. The van der Waals surface area contributed by atoms with E-state index >= 15 is 0 Å². The maximum atomic E-state index is 5.46. The minimum Gasteiger partial charge on any atom is -0.330 e. The Morgan fingerprint density at radius 3 is 3.00 bits per heavy atom. The highest BCUT2D eigenvalue weighted by Gasteiger charge is 1.99. The van der Waals surface area contributed by atoms with Crippen LogP contribution in [0.5, 0.6) is 0 Å². The van der Waals surface area contributed by atoms with E-state index in [0.29, 0.717) is 6.54 Å². The van der Waals surface area contributed by atoms with E-state index in [1.54, 1.807) is 0 Å². The zero-order valence-electron chi connectivity index (χ0n) is 7.70. The molecule has 13 heavy (non-hydrogen) atoms. The van der Waals surface area contributed by atoms with Crippen LogP contribution in [0, 0.1) is 6.92 Å². The average Bonchev–Trinajstić information content (AvgIpc) is 2.46. The van der Waals surface area contributed by atoms with Crippen molar-refractivity contribution in [2.45, 2.75) is 13.3 Å². The molecule has 0 radical (unpaired) electrons. The van der Waals surface area contributed by atoms with E-state index < -0.39 is 0 Å².